The van der Waals surface area contributed by atoms with E-state index in [2.05, 4.69) is 4.98 Å². The molecule has 0 bridgehead atoms. The highest BCUT2D eigenvalue weighted by molar-refractivity contribution is 6.41. The van der Waals surface area contributed by atoms with E-state index in [0.29, 0.717) is 22.4 Å². The van der Waals surface area contributed by atoms with Gasteiger partial charge in [-0.3, -0.25) is 4.79 Å². The van der Waals surface area contributed by atoms with Gasteiger partial charge in [-0.15, -0.1) is 0 Å². The summed E-state index contributed by atoms with van der Waals surface area (Å²) < 4.78 is 21.6. The zero-order valence-corrected chi connectivity index (χ0v) is 15.9. The zero-order chi connectivity index (χ0) is 18.9. The number of benzene rings is 1. The van der Waals surface area contributed by atoms with Crippen molar-refractivity contribution >= 4 is 46.7 Å². The Morgan fingerprint density at radius 2 is 1.96 bits per heavy atom. The van der Waals surface area contributed by atoms with E-state index in [9.17, 15) is 4.79 Å². The van der Waals surface area contributed by atoms with Gasteiger partial charge in [0.2, 0.25) is 0 Å². The van der Waals surface area contributed by atoms with Crippen LogP contribution in [-0.2, 0) is 15.2 Å². The number of carbonyl (C=O) groups is 1. The molecule has 1 aliphatic rings. The third-order valence-corrected chi connectivity index (χ3v) is 5.36. The predicted octanol–water partition coefficient (Wildman–Crippen LogP) is 5.79. The summed E-state index contributed by atoms with van der Waals surface area (Å²) in [7, 11) is 1.37. The van der Waals surface area contributed by atoms with Gasteiger partial charge in [-0.1, -0.05) is 53.0 Å². The Kier molecular flexibility index (Phi) is 5.37. The van der Waals surface area contributed by atoms with Gasteiger partial charge in [0.15, 0.2) is 12.0 Å². The Hall–Kier alpha value is -1.88. The van der Waals surface area contributed by atoms with Crippen molar-refractivity contribution in [2.45, 2.75) is 12.1 Å². The summed E-state index contributed by atoms with van der Waals surface area (Å²) >= 11 is 18.4. The first-order chi connectivity index (χ1) is 12.4. The van der Waals surface area contributed by atoms with Crippen LogP contribution in [0.1, 0.15) is 17.5 Å². The number of carbonyl (C=O) groups excluding carboxylic acids is 1. The highest BCUT2D eigenvalue weighted by Crippen LogP contribution is 2.49. The fourth-order valence-electron chi connectivity index (χ4n) is 3.02. The number of hydrogen-bond donors (Lipinski definition) is 0. The minimum atomic E-state index is -2.24. The molecule has 0 spiro atoms. The fourth-order valence-corrected chi connectivity index (χ4v) is 3.70. The lowest BCUT2D eigenvalue weighted by Crippen LogP contribution is -2.29. The highest BCUT2D eigenvalue weighted by Gasteiger charge is 2.44. The molecule has 0 fully saturated rings. The molecule has 1 aromatic heterocycles. The second kappa shape index (κ2) is 7.39. The molecule has 134 valence electrons. The van der Waals surface area contributed by atoms with Crippen LogP contribution in [0, 0.1) is 0 Å². The van der Waals surface area contributed by atoms with Crippen LogP contribution in [0.5, 0.6) is 0 Å². The van der Waals surface area contributed by atoms with Crippen molar-refractivity contribution in [1.82, 2.24) is 4.98 Å². The largest absolute Gasteiger partial charge is 0.496 e. The maximum absolute atomic E-state index is 16.3. The maximum Gasteiger partial charge on any atom is 0.173 e. The molecule has 3 rings (SSSR count). The van der Waals surface area contributed by atoms with E-state index in [0.717, 1.165) is 0 Å². The van der Waals surface area contributed by atoms with Crippen molar-refractivity contribution in [2.75, 3.05) is 7.11 Å². The highest BCUT2D eigenvalue weighted by atomic mass is 35.5. The van der Waals surface area contributed by atoms with Crippen molar-refractivity contribution in [2.24, 2.45) is 0 Å². The van der Waals surface area contributed by atoms with E-state index in [1.54, 1.807) is 30.3 Å². The molecule has 1 atom stereocenters. The molecular weight excluding hydrogens is 400 g/mol. The number of pyridine rings is 1. The van der Waals surface area contributed by atoms with E-state index in [1.165, 1.54) is 19.4 Å². The van der Waals surface area contributed by atoms with Crippen molar-refractivity contribution in [1.29, 1.82) is 0 Å². The predicted molar refractivity (Wildman–Crippen MR) is 101 cm³/mol. The average molecular weight is 413 g/mol. The van der Waals surface area contributed by atoms with Gasteiger partial charge in [0.1, 0.15) is 10.9 Å². The van der Waals surface area contributed by atoms with Gasteiger partial charge in [0.25, 0.3) is 0 Å². The second-order valence-electron chi connectivity index (χ2n) is 5.69. The first-order valence-corrected chi connectivity index (χ1v) is 8.74. The summed E-state index contributed by atoms with van der Waals surface area (Å²) in [4.78, 5) is 15.5. The van der Waals surface area contributed by atoms with Crippen LogP contribution < -0.4 is 0 Å². The lowest BCUT2D eigenvalue weighted by molar-refractivity contribution is -0.106. The summed E-state index contributed by atoms with van der Waals surface area (Å²) in [6.07, 6.45) is 3.23. The van der Waals surface area contributed by atoms with Gasteiger partial charge in [-0.2, -0.15) is 0 Å². The van der Waals surface area contributed by atoms with E-state index < -0.39 is 5.67 Å². The third kappa shape index (κ3) is 3.13. The molecule has 0 aliphatic heterocycles. The van der Waals surface area contributed by atoms with Crippen LogP contribution in [0.4, 0.5) is 4.39 Å². The molecule has 0 amide bonds. The van der Waals surface area contributed by atoms with Gasteiger partial charge in [0.05, 0.1) is 17.7 Å². The van der Waals surface area contributed by atoms with Crippen LogP contribution in [0.15, 0.2) is 53.9 Å². The van der Waals surface area contributed by atoms with Crippen molar-refractivity contribution < 1.29 is 13.9 Å². The summed E-state index contributed by atoms with van der Waals surface area (Å²) in [5, 5.41) is 0.371. The number of allylic oxidation sites excluding steroid dienone is 3. The van der Waals surface area contributed by atoms with E-state index in [4.69, 9.17) is 39.5 Å². The molecule has 0 radical (unpaired) electrons. The SMILES string of the molecule is COC1=C(C=O)C(F)(c2ccnc(Cl)c2Cl)CC(c2ccccc2Cl)=C1. The minimum absolute atomic E-state index is 0.0424. The molecule has 1 aliphatic carbocycles. The molecule has 3 nitrogen and oxygen atoms in total. The first kappa shape index (κ1) is 18.9. The maximum atomic E-state index is 16.3. The van der Waals surface area contributed by atoms with E-state index in [-0.39, 0.29) is 33.5 Å². The summed E-state index contributed by atoms with van der Waals surface area (Å²) in [5.41, 5.74) is -1.13. The van der Waals surface area contributed by atoms with Gasteiger partial charge in [-0.25, -0.2) is 9.37 Å². The summed E-state index contributed by atoms with van der Waals surface area (Å²) in [6, 6.07) is 8.46. The topological polar surface area (TPSA) is 39.2 Å². The number of alkyl halides is 1. The summed E-state index contributed by atoms with van der Waals surface area (Å²) in [5.74, 6) is 0.104. The lowest BCUT2D eigenvalue weighted by atomic mass is 9.77. The van der Waals surface area contributed by atoms with Crippen LogP contribution in [0.2, 0.25) is 15.2 Å². The smallest absolute Gasteiger partial charge is 0.173 e. The number of nitrogens with zero attached hydrogens (tertiary/aromatic N) is 1. The fraction of sp³-hybridized carbons (Fsp3) is 0.158. The molecule has 0 saturated heterocycles. The Balaban J connectivity index is 2.25. The number of aldehydes is 1. The Morgan fingerprint density at radius 1 is 1.23 bits per heavy atom. The molecule has 26 heavy (non-hydrogen) atoms. The number of halogens is 4. The quantitative estimate of drug-likeness (QED) is 0.471. The van der Waals surface area contributed by atoms with Crippen molar-refractivity contribution in [3.8, 4) is 0 Å². The number of ether oxygens (including phenoxy) is 1. The zero-order valence-electron chi connectivity index (χ0n) is 13.6. The van der Waals surface area contributed by atoms with Gasteiger partial charge >= 0.3 is 0 Å². The van der Waals surface area contributed by atoms with Crippen molar-refractivity contribution in [3.05, 3.63) is 80.3 Å². The molecule has 1 unspecified atom stereocenters. The number of rotatable bonds is 4. The Bertz CT molecular complexity index is 942. The monoisotopic (exact) mass is 411 g/mol. The van der Waals surface area contributed by atoms with Gasteiger partial charge in [0, 0.05) is 23.2 Å². The lowest BCUT2D eigenvalue weighted by Gasteiger charge is -2.32. The number of hydrogen-bond acceptors (Lipinski definition) is 3. The first-order valence-electron chi connectivity index (χ1n) is 7.61. The minimum Gasteiger partial charge on any atom is -0.496 e. The second-order valence-corrected chi connectivity index (χ2v) is 6.83. The molecule has 1 heterocycles. The third-order valence-electron chi connectivity index (χ3n) is 4.26. The molecule has 0 saturated carbocycles. The standard InChI is InChI=1S/C19H13Cl3FNO2/c1-26-16-8-11(12-4-2-3-5-15(12)20)9-19(23,14(16)10-25)13-6-7-24-18(22)17(13)21/h2-8,10H,9H2,1H3. The van der Waals surface area contributed by atoms with Crippen LogP contribution in [0.25, 0.3) is 5.57 Å². The van der Waals surface area contributed by atoms with Crippen LogP contribution >= 0.6 is 34.8 Å². The van der Waals surface area contributed by atoms with Crippen LogP contribution in [0.3, 0.4) is 0 Å². The Labute approximate surface area is 165 Å². The molecular formula is C19H13Cl3FNO2. The van der Waals surface area contributed by atoms with E-state index >= 15 is 4.39 Å². The molecule has 7 heteroatoms. The number of methoxy groups -OCH3 is 1. The van der Waals surface area contributed by atoms with Gasteiger partial charge in [-0.05, 0) is 29.3 Å². The van der Waals surface area contributed by atoms with Crippen molar-refractivity contribution in [3.63, 3.8) is 0 Å². The normalized spacial score (nSPS) is 20.0. The van der Waals surface area contributed by atoms with E-state index in [1.807, 2.05) is 0 Å². The van der Waals surface area contributed by atoms with Crippen LogP contribution in [-0.4, -0.2) is 18.4 Å². The molecule has 1 aromatic carbocycles. The molecule has 2 aromatic rings. The summed E-state index contributed by atoms with van der Waals surface area (Å²) in [6.45, 7) is 0. The molecule has 0 N–H and O–H groups in total. The van der Waals surface area contributed by atoms with Gasteiger partial charge < -0.3 is 4.74 Å². The number of aromatic nitrogens is 1. The average Bonchev–Trinajstić information content (AvgIpc) is 2.63. The Morgan fingerprint density at radius 3 is 2.62 bits per heavy atom.